The SMILES string of the molecule is COC=C(C(=O)OC)c1c(OC)nc(C)nc1Oc1cccc(C(C)=NOCc2cc(C)ccc2C)c1. The number of ether oxygens (including phenoxy) is 4. The van der Waals surface area contributed by atoms with Crippen molar-refractivity contribution in [1.29, 1.82) is 0 Å². The molecular weight excluding hydrogens is 474 g/mol. The number of aryl methyl sites for hydroxylation is 3. The van der Waals surface area contributed by atoms with E-state index in [1.807, 2.05) is 32.9 Å². The minimum Gasteiger partial charge on any atom is -0.503 e. The summed E-state index contributed by atoms with van der Waals surface area (Å²) in [5, 5.41) is 4.28. The minimum absolute atomic E-state index is 0.0468. The fraction of sp³-hybridized carbons (Fsp3) is 0.286. The summed E-state index contributed by atoms with van der Waals surface area (Å²) in [6.07, 6.45) is 1.23. The maximum absolute atomic E-state index is 12.5. The van der Waals surface area contributed by atoms with Crippen LogP contribution in [0.15, 0.2) is 53.9 Å². The van der Waals surface area contributed by atoms with Crippen LogP contribution in [0.3, 0.4) is 0 Å². The molecule has 0 radical (unpaired) electrons. The average Bonchev–Trinajstić information content (AvgIpc) is 2.89. The molecule has 0 N–H and O–H groups in total. The second-order valence-electron chi connectivity index (χ2n) is 8.23. The standard InChI is InChI=1S/C28H31N3O6/c1-17-11-12-18(2)22(13-17)15-36-31-19(3)21-9-8-10-23(14-21)37-27-25(24(16-33-5)28(32)35-7)26(34-6)29-20(4)30-27/h8-14,16H,15H2,1-7H3. The van der Waals surface area contributed by atoms with Crippen molar-refractivity contribution in [2.24, 2.45) is 5.16 Å². The zero-order chi connectivity index (χ0) is 26.9. The average molecular weight is 506 g/mol. The Labute approximate surface area is 216 Å². The minimum atomic E-state index is -0.657. The van der Waals surface area contributed by atoms with Crippen LogP contribution in [0.5, 0.6) is 17.5 Å². The maximum atomic E-state index is 12.5. The predicted octanol–water partition coefficient (Wildman–Crippen LogP) is 5.30. The summed E-state index contributed by atoms with van der Waals surface area (Å²) in [5.41, 5.74) is 5.11. The van der Waals surface area contributed by atoms with E-state index in [-0.39, 0.29) is 22.9 Å². The van der Waals surface area contributed by atoms with Crippen LogP contribution in [-0.2, 0) is 25.7 Å². The van der Waals surface area contributed by atoms with E-state index in [4.69, 9.17) is 23.8 Å². The van der Waals surface area contributed by atoms with Crippen molar-refractivity contribution in [3.05, 3.63) is 82.4 Å². The highest BCUT2D eigenvalue weighted by atomic mass is 16.6. The van der Waals surface area contributed by atoms with Gasteiger partial charge in [0.05, 0.1) is 33.3 Å². The van der Waals surface area contributed by atoms with Crippen molar-refractivity contribution < 1.29 is 28.6 Å². The monoisotopic (exact) mass is 505 g/mol. The Hall–Kier alpha value is -4.40. The highest BCUT2D eigenvalue weighted by molar-refractivity contribution is 6.17. The predicted molar refractivity (Wildman–Crippen MR) is 140 cm³/mol. The highest BCUT2D eigenvalue weighted by Gasteiger charge is 2.26. The van der Waals surface area contributed by atoms with Gasteiger partial charge in [-0.25, -0.2) is 4.79 Å². The van der Waals surface area contributed by atoms with E-state index in [0.29, 0.717) is 23.9 Å². The normalized spacial score (nSPS) is 11.6. The molecule has 1 heterocycles. The van der Waals surface area contributed by atoms with Gasteiger partial charge in [-0.05, 0) is 51.0 Å². The molecule has 37 heavy (non-hydrogen) atoms. The Bertz CT molecular complexity index is 1330. The highest BCUT2D eigenvalue weighted by Crippen LogP contribution is 2.35. The summed E-state index contributed by atoms with van der Waals surface area (Å²) in [7, 11) is 4.12. The Balaban J connectivity index is 1.90. The maximum Gasteiger partial charge on any atom is 0.342 e. The van der Waals surface area contributed by atoms with E-state index < -0.39 is 5.97 Å². The molecular formula is C28H31N3O6. The number of carbonyl (C=O) groups is 1. The molecule has 0 saturated carbocycles. The number of methoxy groups -OCH3 is 3. The van der Waals surface area contributed by atoms with E-state index in [0.717, 1.165) is 16.7 Å². The third kappa shape index (κ3) is 6.84. The quantitative estimate of drug-likeness (QED) is 0.120. The van der Waals surface area contributed by atoms with E-state index in [1.54, 1.807) is 19.1 Å². The molecule has 0 saturated heterocycles. The van der Waals surface area contributed by atoms with Crippen LogP contribution in [0.1, 0.15) is 40.6 Å². The lowest BCUT2D eigenvalue weighted by Crippen LogP contribution is -2.10. The summed E-state index contributed by atoms with van der Waals surface area (Å²) < 4.78 is 21.5. The van der Waals surface area contributed by atoms with E-state index in [1.165, 1.54) is 33.2 Å². The molecule has 0 fully saturated rings. The lowest BCUT2D eigenvalue weighted by molar-refractivity contribution is -0.133. The molecule has 0 atom stereocenters. The van der Waals surface area contributed by atoms with Crippen LogP contribution in [0, 0.1) is 20.8 Å². The summed E-state index contributed by atoms with van der Waals surface area (Å²) in [5.74, 6) is 0.451. The summed E-state index contributed by atoms with van der Waals surface area (Å²) in [4.78, 5) is 26.8. The number of hydrogen-bond acceptors (Lipinski definition) is 9. The number of hydrogen-bond donors (Lipinski definition) is 0. The molecule has 9 heteroatoms. The first kappa shape index (κ1) is 27.2. The van der Waals surface area contributed by atoms with Gasteiger partial charge in [-0.3, -0.25) is 0 Å². The van der Waals surface area contributed by atoms with Crippen LogP contribution in [0.4, 0.5) is 0 Å². The Morgan fingerprint density at radius 1 is 1.00 bits per heavy atom. The summed E-state index contributed by atoms with van der Waals surface area (Å²) in [6.45, 7) is 8.00. The Kier molecular flexibility index (Phi) is 9.21. The Morgan fingerprint density at radius 2 is 1.76 bits per heavy atom. The molecule has 0 aliphatic rings. The second kappa shape index (κ2) is 12.5. The molecule has 0 spiro atoms. The molecule has 0 amide bonds. The van der Waals surface area contributed by atoms with Crippen molar-refractivity contribution >= 4 is 17.3 Å². The zero-order valence-corrected chi connectivity index (χ0v) is 22.1. The van der Waals surface area contributed by atoms with E-state index in [9.17, 15) is 4.79 Å². The molecule has 1 aromatic heterocycles. The number of benzene rings is 2. The van der Waals surface area contributed by atoms with Gasteiger partial charge in [0.1, 0.15) is 29.3 Å². The largest absolute Gasteiger partial charge is 0.503 e. The first-order valence-electron chi connectivity index (χ1n) is 11.5. The van der Waals surface area contributed by atoms with Crippen molar-refractivity contribution in [3.8, 4) is 17.5 Å². The van der Waals surface area contributed by atoms with Crippen LogP contribution < -0.4 is 9.47 Å². The van der Waals surface area contributed by atoms with Crippen molar-refractivity contribution in [2.75, 3.05) is 21.3 Å². The third-order valence-electron chi connectivity index (χ3n) is 5.45. The first-order valence-corrected chi connectivity index (χ1v) is 11.5. The van der Waals surface area contributed by atoms with Gasteiger partial charge in [-0.15, -0.1) is 0 Å². The van der Waals surface area contributed by atoms with Crippen molar-refractivity contribution in [2.45, 2.75) is 34.3 Å². The number of esters is 1. The molecule has 2 aromatic carbocycles. The van der Waals surface area contributed by atoms with Gasteiger partial charge in [0.15, 0.2) is 0 Å². The van der Waals surface area contributed by atoms with Crippen molar-refractivity contribution in [1.82, 2.24) is 9.97 Å². The molecule has 3 rings (SSSR count). The third-order valence-corrected chi connectivity index (χ3v) is 5.45. The lowest BCUT2D eigenvalue weighted by Gasteiger charge is -2.15. The number of oxime groups is 1. The number of carbonyl (C=O) groups excluding carboxylic acids is 1. The van der Waals surface area contributed by atoms with Crippen LogP contribution in [-0.4, -0.2) is 43.0 Å². The molecule has 194 valence electrons. The van der Waals surface area contributed by atoms with Crippen molar-refractivity contribution in [3.63, 3.8) is 0 Å². The smallest absolute Gasteiger partial charge is 0.342 e. The number of aromatic nitrogens is 2. The summed E-state index contributed by atoms with van der Waals surface area (Å²) >= 11 is 0. The van der Waals surface area contributed by atoms with Crippen LogP contribution >= 0.6 is 0 Å². The fourth-order valence-corrected chi connectivity index (χ4v) is 3.51. The number of nitrogens with zero attached hydrogens (tertiary/aromatic N) is 3. The van der Waals surface area contributed by atoms with E-state index in [2.05, 4.69) is 33.3 Å². The second-order valence-corrected chi connectivity index (χ2v) is 8.23. The Morgan fingerprint density at radius 3 is 2.46 bits per heavy atom. The van der Waals surface area contributed by atoms with Gasteiger partial charge in [0, 0.05) is 5.56 Å². The fourth-order valence-electron chi connectivity index (χ4n) is 3.51. The molecule has 0 bridgehead atoms. The van der Waals surface area contributed by atoms with Gasteiger partial charge in [-0.1, -0.05) is 41.1 Å². The molecule has 0 aliphatic heterocycles. The molecule has 0 aliphatic carbocycles. The van der Waals surface area contributed by atoms with Gasteiger partial charge in [-0.2, -0.15) is 9.97 Å². The molecule has 3 aromatic rings. The van der Waals surface area contributed by atoms with Gasteiger partial charge < -0.3 is 23.8 Å². The van der Waals surface area contributed by atoms with Crippen LogP contribution in [0.2, 0.25) is 0 Å². The molecule has 9 nitrogen and oxygen atoms in total. The first-order chi connectivity index (χ1) is 17.8. The van der Waals surface area contributed by atoms with Gasteiger partial charge in [0.25, 0.3) is 0 Å². The van der Waals surface area contributed by atoms with Crippen LogP contribution in [0.25, 0.3) is 5.57 Å². The molecule has 0 unspecified atom stereocenters. The lowest BCUT2D eigenvalue weighted by atomic mass is 10.1. The number of rotatable bonds is 10. The van der Waals surface area contributed by atoms with E-state index >= 15 is 0 Å². The zero-order valence-electron chi connectivity index (χ0n) is 22.1. The topological polar surface area (TPSA) is 101 Å². The van der Waals surface area contributed by atoms with Gasteiger partial charge in [0.2, 0.25) is 11.8 Å². The summed E-state index contributed by atoms with van der Waals surface area (Å²) in [6, 6.07) is 13.5. The van der Waals surface area contributed by atoms with Gasteiger partial charge >= 0.3 is 5.97 Å².